The molecule has 10 unspecified atom stereocenters. The Bertz CT molecular complexity index is 965. The lowest BCUT2D eigenvalue weighted by Gasteiger charge is -2.70. The number of ketones is 1. The van der Waals surface area contributed by atoms with Gasteiger partial charge in [-0.25, -0.2) is 0 Å². The molecule has 5 nitrogen and oxygen atoms in total. The summed E-state index contributed by atoms with van der Waals surface area (Å²) >= 11 is 0. The van der Waals surface area contributed by atoms with E-state index in [2.05, 4.69) is 41.5 Å². The number of aliphatic hydroxyl groups is 1. The average Bonchev–Trinajstić information content (AvgIpc) is 3.33. The maximum Gasteiger partial charge on any atom is 0.302 e. The van der Waals surface area contributed by atoms with Crippen molar-refractivity contribution in [1.82, 2.24) is 0 Å². The van der Waals surface area contributed by atoms with Crippen molar-refractivity contribution in [3.8, 4) is 0 Å². The fourth-order valence-corrected chi connectivity index (χ4v) is 11.3. The Labute approximate surface area is 224 Å². The number of hydrogen-bond donors (Lipinski definition) is 1. The third-order valence-corrected chi connectivity index (χ3v) is 13.3. The summed E-state index contributed by atoms with van der Waals surface area (Å²) in [6, 6.07) is 0. The molecule has 4 aliphatic carbocycles. The van der Waals surface area contributed by atoms with Crippen molar-refractivity contribution in [2.75, 3.05) is 0 Å². The number of hydrogen-bond acceptors (Lipinski definition) is 5. The van der Waals surface area contributed by atoms with Crippen molar-refractivity contribution in [2.45, 2.75) is 144 Å². The predicted molar refractivity (Wildman–Crippen MR) is 144 cm³/mol. The Morgan fingerprint density at radius 1 is 0.946 bits per heavy atom. The number of rotatable bonds is 3. The van der Waals surface area contributed by atoms with Crippen molar-refractivity contribution in [1.29, 1.82) is 0 Å². The van der Waals surface area contributed by atoms with Gasteiger partial charge in [-0.05, 0) is 106 Å². The molecule has 1 aliphatic heterocycles. The summed E-state index contributed by atoms with van der Waals surface area (Å²) in [7, 11) is 0. The largest absolute Gasteiger partial charge is 0.462 e. The fourth-order valence-electron chi connectivity index (χ4n) is 11.3. The van der Waals surface area contributed by atoms with Gasteiger partial charge in [0.15, 0.2) is 0 Å². The highest BCUT2D eigenvalue weighted by Crippen LogP contribution is 2.76. The molecule has 10 atom stereocenters. The molecule has 5 rings (SSSR count). The molecule has 4 saturated carbocycles. The van der Waals surface area contributed by atoms with E-state index < -0.39 is 5.60 Å². The Morgan fingerprint density at radius 2 is 1.59 bits per heavy atom. The van der Waals surface area contributed by atoms with Crippen LogP contribution in [0.15, 0.2) is 0 Å². The molecule has 1 heterocycles. The van der Waals surface area contributed by atoms with Crippen LogP contribution < -0.4 is 0 Å². The van der Waals surface area contributed by atoms with Crippen LogP contribution in [0.5, 0.6) is 0 Å². The van der Waals surface area contributed by atoms with E-state index in [1.807, 2.05) is 13.8 Å². The summed E-state index contributed by atoms with van der Waals surface area (Å²) in [4.78, 5) is 25.6. The Balaban J connectivity index is 1.55. The van der Waals surface area contributed by atoms with Gasteiger partial charge in [0.25, 0.3) is 0 Å². The minimum Gasteiger partial charge on any atom is -0.462 e. The lowest BCUT2D eigenvalue weighted by molar-refractivity contribution is -0.248. The zero-order valence-electron chi connectivity index (χ0n) is 24.9. The van der Waals surface area contributed by atoms with Crippen molar-refractivity contribution in [3.05, 3.63) is 0 Å². The molecular weight excluding hydrogens is 464 g/mol. The van der Waals surface area contributed by atoms with Gasteiger partial charge in [0.05, 0.1) is 17.3 Å². The molecule has 5 aliphatic rings. The Kier molecular flexibility index (Phi) is 6.19. The van der Waals surface area contributed by atoms with Gasteiger partial charge in [0, 0.05) is 24.7 Å². The number of ether oxygens (including phenoxy) is 2. The molecule has 0 amide bonds. The van der Waals surface area contributed by atoms with Crippen molar-refractivity contribution in [3.63, 3.8) is 0 Å². The molecule has 0 spiro atoms. The number of fused-ring (bicyclic) bond motifs is 5. The first-order valence-corrected chi connectivity index (χ1v) is 15.0. The zero-order valence-corrected chi connectivity index (χ0v) is 24.9. The van der Waals surface area contributed by atoms with Crippen molar-refractivity contribution < 1.29 is 24.2 Å². The Morgan fingerprint density at radius 3 is 2.19 bits per heavy atom. The minimum atomic E-state index is -0.845. The molecular formula is C32H52O5. The predicted octanol–water partition coefficient (Wildman–Crippen LogP) is 6.49. The van der Waals surface area contributed by atoms with E-state index in [0.29, 0.717) is 30.0 Å². The SMILES string of the molecule is CC(=O)OC1CC2C(C3(C)CCC(C(C)(C)O)O3)CCC2(C)C2(C)CCC3C(C)(C)C(=O)CCC3(C)C12. The van der Waals surface area contributed by atoms with Crippen LogP contribution in [0.2, 0.25) is 0 Å². The standard InChI is InChI=1S/C32H52O5/c1-19(33)36-22-18-21-20(32(9)17-13-25(37-32)28(4,5)35)10-15-30(21,7)31(8)16-11-23-27(2,3)24(34)12-14-29(23,6)26(22)31/h20-23,25-26,35H,10-18H2,1-9H3. The molecule has 0 aromatic carbocycles. The van der Waals surface area contributed by atoms with Gasteiger partial charge < -0.3 is 14.6 Å². The highest BCUT2D eigenvalue weighted by Gasteiger charge is 2.72. The molecule has 0 aromatic rings. The summed E-state index contributed by atoms with van der Waals surface area (Å²) in [5.74, 6) is 1.57. The zero-order chi connectivity index (χ0) is 27.4. The second-order valence-corrected chi connectivity index (χ2v) is 15.8. The van der Waals surface area contributed by atoms with Gasteiger partial charge in [0.2, 0.25) is 0 Å². The third kappa shape index (κ3) is 3.75. The molecule has 0 aromatic heterocycles. The molecule has 37 heavy (non-hydrogen) atoms. The van der Waals surface area contributed by atoms with E-state index in [1.54, 1.807) is 6.92 Å². The molecule has 0 bridgehead atoms. The van der Waals surface area contributed by atoms with Crippen LogP contribution in [0, 0.1) is 45.3 Å². The fraction of sp³-hybridized carbons (Fsp3) is 0.938. The molecule has 210 valence electrons. The first kappa shape index (κ1) is 27.6. The third-order valence-electron chi connectivity index (χ3n) is 13.3. The van der Waals surface area contributed by atoms with E-state index >= 15 is 0 Å². The highest BCUT2D eigenvalue weighted by atomic mass is 16.5. The van der Waals surface area contributed by atoms with Crippen LogP contribution in [0.3, 0.4) is 0 Å². The molecule has 5 heteroatoms. The highest BCUT2D eigenvalue weighted by molar-refractivity contribution is 5.85. The number of esters is 1. The first-order valence-electron chi connectivity index (χ1n) is 15.0. The normalized spacial score (nSPS) is 51.2. The molecule has 0 radical (unpaired) electrons. The smallest absolute Gasteiger partial charge is 0.302 e. The van der Waals surface area contributed by atoms with Crippen molar-refractivity contribution >= 4 is 11.8 Å². The Hall–Kier alpha value is -0.940. The van der Waals surface area contributed by atoms with E-state index in [0.717, 1.165) is 51.4 Å². The maximum atomic E-state index is 13.1. The summed E-state index contributed by atoms with van der Waals surface area (Å²) in [6.45, 7) is 19.3. The van der Waals surface area contributed by atoms with Gasteiger partial charge in [-0.1, -0.05) is 34.6 Å². The quantitative estimate of drug-likeness (QED) is 0.434. The van der Waals surface area contributed by atoms with E-state index in [-0.39, 0.29) is 51.4 Å². The van der Waals surface area contributed by atoms with Crippen molar-refractivity contribution in [2.24, 2.45) is 45.3 Å². The molecule has 5 fully saturated rings. The van der Waals surface area contributed by atoms with E-state index in [1.165, 1.54) is 0 Å². The van der Waals surface area contributed by atoms with E-state index in [9.17, 15) is 14.7 Å². The van der Waals surface area contributed by atoms with Crippen LogP contribution >= 0.6 is 0 Å². The monoisotopic (exact) mass is 516 g/mol. The first-order chi connectivity index (χ1) is 16.9. The summed E-state index contributed by atoms with van der Waals surface area (Å²) < 4.78 is 13.0. The minimum absolute atomic E-state index is 0.0249. The van der Waals surface area contributed by atoms with Gasteiger partial charge in [-0.2, -0.15) is 0 Å². The van der Waals surface area contributed by atoms with Gasteiger partial charge >= 0.3 is 5.97 Å². The molecule has 1 N–H and O–H groups in total. The lowest BCUT2D eigenvalue weighted by atomic mass is 9.35. The molecule has 1 saturated heterocycles. The van der Waals surface area contributed by atoms with Crippen LogP contribution in [-0.2, 0) is 19.1 Å². The maximum absolute atomic E-state index is 13.1. The lowest BCUT2D eigenvalue weighted by Crippen LogP contribution is -2.67. The van der Waals surface area contributed by atoms with Crippen LogP contribution in [0.1, 0.15) is 120 Å². The van der Waals surface area contributed by atoms with Gasteiger partial charge in [-0.3, -0.25) is 9.59 Å². The number of Topliss-reactive ketones (excluding diaryl/α,β-unsaturated/α-hetero) is 1. The van der Waals surface area contributed by atoms with Gasteiger partial charge in [-0.15, -0.1) is 0 Å². The van der Waals surface area contributed by atoms with Crippen LogP contribution in [0.25, 0.3) is 0 Å². The van der Waals surface area contributed by atoms with Crippen LogP contribution in [-0.4, -0.2) is 40.3 Å². The number of carbonyl (C=O) groups excluding carboxylic acids is 2. The second kappa shape index (κ2) is 8.29. The summed E-state index contributed by atoms with van der Waals surface area (Å²) in [5, 5.41) is 10.7. The topological polar surface area (TPSA) is 72.8 Å². The van der Waals surface area contributed by atoms with Crippen LogP contribution in [0.4, 0.5) is 0 Å². The summed E-state index contributed by atoms with van der Waals surface area (Å²) in [6.07, 6.45) is 8.42. The number of carbonyl (C=O) groups is 2. The van der Waals surface area contributed by atoms with E-state index in [4.69, 9.17) is 9.47 Å². The summed E-state index contributed by atoms with van der Waals surface area (Å²) in [5.41, 5.74) is -1.33. The second-order valence-electron chi connectivity index (χ2n) is 15.8. The van der Waals surface area contributed by atoms with Gasteiger partial charge in [0.1, 0.15) is 11.9 Å². The average molecular weight is 517 g/mol.